The van der Waals surface area contributed by atoms with Crippen molar-refractivity contribution >= 4 is 5.91 Å². The topological polar surface area (TPSA) is 92.9 Å². The second-order valence-corrected chi connectivity index (χ2v) is 3.58. The highest BCUT2D eigenvalue weighted by Gasteiger charge is 2.08. The van der Waals surface area contributed by atoms with Crippen molar-refractivity contribution in [2.75, 3.05) is 13.2 Å². The second kappa shape index (κ2) is 5.87. The Hall–Kier alpha value is -2.28. The molecule has 1 amide bonds. The molecule has 0 bridgehead atoms. The van der Waals surface area contributed by atoms with Crippen LogP contribution in [0.25, 0.3) is 11.4 Å². The quantitative estimate of drug-likeness (QED) is 0.739. The van der Waals surface area contributed by atoms with Gasteiger partial charge in [0.05, 0.1) is 6.61 Å². The molecule has 1 heterocycles. The average molecular weight is 247 g/mol. The monoisotopic (exact) mass is 247 g/mol. The molecule has 0 aliphatic rings. The number of amides is 1. The van der Waals surface area contributed by atoms with Gasteiger partial charge in [0.1, 0.15) is 6.54 Å². The maximum Gasteiger partial charge on any atom is 0.243 e. The van der Waals surface area contributed by atoms with Crippen LogP contribution in [-0.4, -0.2) is 44.4 Å². The van der Waals surface area contributed by atoms with Crippen molar-refractivity contribution < 1.29 is 9.90 Å². The number of carbonyl (C=O) groups is 1. The van der Waals surface area contributed by atoms with E-state index in [1.807, 2.05) is 30.3 Å². The lowest BCUT2D eigenvalue weighted by molar-refractivity contribution is -0.122. The molecular formula is C11H13N5O2. The van der Waals surface area contributed by atoms with Gasteiger partial charge in [0.15, 0.2) is 0 Å². The van der Waals surface area contributed by atoms with Gasteiger partial charge in [-0.25, -0.2) is 0 Å². The molecule has 0 radical (unpaired) electrons. The summed E-state index contributed by atoms with van der Waals surface area (Å²) in [5.41, 5.74) is 0.847. The first-order valence-corrected chi connectivity index (χ1v) is 5.50. The lowest BCUT2D eigenvalue weighted by Gasteiger charge is -2.00. The van der Waals surface area contributed by atoms with E-state index < -0.39 is 0 Å². The zero-order valence-corrected chi connectivity index (χ0v) is 9.65. The summed E-state index contributed by atoms with van der Waals surface area (Å²) in [5, 5.41) is 22.8. The van der Waals surface area contributed by atoms with Crippen LogP contribution in [0.2, 0.25) is 0 Å². The van der Waals surface area contributed by atoms with Gasteiger partial charge in [-0.15, -0.1) is 10.2 Å². The molecule has 1 aromatic heterocycles. The molecule has 0 aliphatic carbocycles. The van der Waals surface area contributed by atoms with Crippen LogP contribution in [0.15, 0.2) is 30.3 Å². The molecule has 0 aliphatic heterocycles. The van der Waals surface area contributed by atoms with Gasteiger partial charge in [0.25, 0.3) is 0 Å². The predicted octanol–water partition coefficient (Wildman–Crippen LogP) is -0.551. The molecule has 1 aromatic carbocycles. The standard InChI is InChI=1S/C11H13N5O2/c17-7-6-12-10(18)8-16-14-11(13-15-16)9-4-2-1-3-5-9/h1-5,17H,6-8H2,(H,12,18). The van der Waals surface area contributed by atoms with Crippen molar-refractivity contribution in [1.29, 1.82) is 0 Å². The van der Waals surface area contributed by atoms with Crippen LogP contribution >= 0.6 is 0 Å². The van der Waals surface area contributed by atoms with Gasteiger partial charge in [-0.3, -0.25) is 4.79 Å². The Morgan fingerprint density at radius 1 is 1.33 bits per heavy atom. The van der Waals surface area contributed by atoms with Crippen molar-refractivity contribution in [2.45, 2.75) is 6.54 Å². The number of aromatic nitrogens is 4. The molecule has 7 heteroatoms. The largest absolute Gasteiger partial charge is 0.395 e. The third-order valence-electron chi connectivity index (χ3n) is 2.20. The maximum atomic E-state index is 11.4. The van der Waals surface area contributed by atoms with Gasteiger partial charge in [-0.05, 0) is 5.21 Å². The molecule has 0 saturated heterocycles. The second-order valence-electron chi connectivity index (χ2n) is 3.58. The summed E-state index contributed by atoms with van der Waals surface area (Å²) in [5.74, 6) is 0.214. The third-order valence-corrected chi connectivity index (χ3v) is 2.20. The van der Waals surface area contributed by atoms with Gasteiger partial charge in [-0.2, -0.15) is 4.80 Å². The van der Waals surface area contributed by atoms with E-state index in [9.17, 15) is 4.79 Å². The molecule has 94 valence electrons. The minimum Gasteiger partial charge on any atom is -0.395 e. The van der Waals surface area contributed by atoms with Crippen LogP contribution in [0.4, 0.5) is 0 Å². The SMILES string of the molecule is O=C(Cn1nnc(-c2ccccc2)n1)NCCO. The van der Waals surface area contributed by atoms with Crippen LogP contribution < -0.4 is 5.32 Å². The molecule has 0 unspecified atom stereocenters. The first-order chi connectivity index (χ1) is 8.79. The summed E-state index contributed by atoms with van der Waals surface area (Å²) >= 11 is 0. The zero-order chi connectivity index (χ0) is 12.8. The van der Waals surface area contributed by atoms with Crippen LogP contribution in [0.3, 0.4) is 0 Å². The summed E-state index contributed by atoms with van der Waals surface area (Å²) in [7, 11) is 0. The molecular weight excluding hydrogens is 234 g/mol. The van der Waals surface area contributed by atoms with Crippen LogP contribution in [-0.2, 0) is 11.3 Å². The molecule has 18 heavy (non-hydrogen) atoms. The van der Waals surface area contributed by atoms with E-state index in [1.165, 1.54) is 4.80 Å². The highest BCUT2D eigenvalue weighted by atomic mass is 16.3. The van der Waals surface area contributed by atoms with E-state index >= 15 is 0 Å². The summed E-state index contributed by atoms with van der Waals surface area (Å²) in [6.07, 6.45) is 0. The minimum absolute atomic E-state index is 0.0141. The van der Waals surface area contributed by atoms with Crippen molar-refractivity contribution in [2.24, 2.45) is 0 Å². The number of hydrogen-bond donors (Lipinski definition) is 2. The number of hydrogen-bond acceptors (Lipinski definition) is 5. The lowest BCUT2D eigenvalue weighted by atomic mass is 10.2. The molecule has 2 N–H and O–H groups in total. The Balaban J connectivity index is 2.00. The number of aliphatic hydroxyl groups excluding tert-OH is 1. The number of nitrogens with one attached hydrogen (secondary N) is 1. The summed E-state index contributed by atoms with van der Waals surface area (Å²) in [6, 6.07) is 9.39. The molecule has 2 rings (SSSR count). The summed E-state index contributed by atoms with van der Waals surface area (Å²) in [4.78, 5) is 12.6. The van der Waals surface area contributed by atoms with E-state index in [1.54, 1.807) is 0 Å². The van der Waals surface area contributed by atoms with Gasteiger partial charge in [0, 0.05) is 12.1 Å². The van der Waals surface area contributed by atoms with Gasteiger partial charge in [0.2, 0.25) is 11.7 Å². The number of nitrogens with zero attached hydrogens (tertiary/aromatic N) is 4. The first kappa shape index (κ1) is 12.2. The summed E-state index contributed by atoms with van der Waals surface area (Å²) < 4.78 is 0. The Morgan fingerprint density at radius 2 is 2.11 bits per heavy atom. The average Bonchev–Trinajstić information content (AvgIpc) is 2.86. The number of tetrazole rings is 1. The number of carbonyl (C=O) groups excluding carboxylic acids is 1. The molecule has 0 atom stereocenters. The Bertz CT molecular complexity index is 511. The smallest absolute Gasteiger partial charge is 0.243 e. The fourth-order valence-corrected chi connectivity index (χ4v) is 1.39. The Labute approximate surface area is 103 Å². The number of rotatable bonds is 5. The zero-order valence-electron chi connectivity index (χ0n) is 9.65. The normalized spacial score (nSPS) is 10.3. The Kier molecular flexibility index (Phi) is 3.98. The van der Waals surface area contributed by atoms with Gasteiger partial charge in [-0.1, -0.05) is 30.3 Å². The number of aliphatic hydroxyl groups is 1. The third kappa shape index (κ3) is 3.11. The first-order valence-electron chi connectivity index (χ1n) is 5.50. The fourth-order valence-electron chi connectivity index (χ4n) is 1.39. The molecule has 0 saturated carbocycles. The molecule has 2 aromatic rings. The number of benzene rings is 1. The van der Waals surface area contributed by atoms with Gasteiger partial charge < -0.3 is 10.4 Å². The van der Waals surface area contributed by atoms with Crippen molar-refractivity contribution in [3.05, 3.63) is 30.3 Å². The molecule has 0 spiro atoms. The van der Waals surface area contributed by atoms with E-state index in [4.69, 9.17) is 5.11 Å². The summed E-state index contributed by atoms with van der Waals surface area (Å²) in [6.45, 7) is 0.116. The van der Waals surface area contributed by atoms with Crippen LogP contribution in [0, 0.1) is 0 Å². The van der Waals surface area contributed by atoms with Crippen molar-refractivity contribution in [3.8, 4) is 11.4 Å². The van der Waals surface area contributed by atoms with E-state index in [0.717, 1.165) is 5.56 Å². The fraction of sp³-hybridized carbons (Fsp3) is 0.273. The van der Waals surface area contributed by atoms with E-state index in [-0.39, 0.29) is 25.6 Å². The molecule has 0 fully saturated rings. The highest BCUT2D eigenvalue weighted by molar-refractivity contribution is 5.75. The highest BCUT2D eigenvalue weighted by Crippen LogP contribution is 2.11. The molecule has 7 nitrogen and oxygen atoms in total. The minimum atomic E-state index is -0.263. The predicted molar refractivity (Wildman–Crippen MR) is 63.3 cm³/mol. The van der Waals surface area contributed by atoms with Gasteiger partial charge >= 0.3 is 0 Å². The van der Waals surface area contributed by atoms with E-state index in [2.05, 4.69) is 20.7 Å². The lowest BCUT2D eigenvalue weighted by Crippen LogP contribution is -2.30. The van der Waals surface area contributed by atoms with E-state index in [0.29, 0.717) is 5.82 Å². The Morgan fingerprint density at radius 3 is 2.83 bits per heavy atom. The van der Waals surface area contributed by atoms with Crippen LogP contribution in [0.1, 0.15) is 0 Å². The maximum absolute atomic E-state index is 11.4. The van der Waals surface area contributed by atoms with Crippen molar-refractivity contribution in [3.63, 3.8) is 0 Å². The van der Waals surface area contributed by atoms with Crippen LogP contribution in [0.5, 0.6) is 0 Å². The van der Waals surface area contributed by atoms with Crippen molar-refractivity contribution in [1.82, 2.24) is 25.5 Å².